The Morgan fingerprint density at radius 2 is 1.74 bits per heavy atom. The molecule has 1 aliphatic carbocycles. The Morgan fingerprint density at radius 1 is 1.00 bits per heavy atom. The molecule has 0 spiro atoms. The fourth-order valence-corrected chi connectivity index (χ4v) is 4.40. The van der Waals surface area contributed by atoms with Crippen molar-refractivity contribution in [1.29, 1.82) is 0 Å². The predicted molar refractivity (Wildman–Crippen MR) is 98.0 cm³/mol. The molecule has 0 radical (unpaired) electrons. The zero-order valence-electron chi connectivity index (χ0n) is 13.4. The molecule has 0 unspecified atom stereocenters. The van der Waals surface area contributed by atoms with Crippen LogP contribution in [-0.2, 0) is 4.74 Å². The highest BCUT2D eigenvalue weighted by atomic mass is 79.9. The summed E-state index contributed by atoms with van der Waals surface area (Å²) < 4.78 is 7.36. The van der Waals surface area contributed by atoms with Crippen molar-refractivity contribution in [3.8, 4) is 0 Å². The first-order valence-electron chi connectivity index (χ1n) is 8.75. The van der Waals surface area contributed by atoms with Crippen LogP contribution in [0.1, 0.15) is 38.5 Å². The standard InChI is InChI=1S/C19H23BrN2O/c20-17-7-3-6-16-18(8-11-21-19(16)17)22-12-9-15(10-13-22)23-14-4-1-2-5-14/h3,6-8,11,14-15H,1-2,4-5,9-10,12-13H2. The Bertz CT molecular complexity index is 676. The summed E-state index contributed by atoms with van der Waals surface area (Å²) in [5.41, 5.74) is 2.35. The van der Waals surface area contributed by atoms with E-state index < -0.39 is 0 Å². The van der Waals surface area contributed by atoms with Crippen molar-refractivity contribution in [3.63, 3.8) is 0 Å². The van der Waals surface area contributed by atoms with Crippen molar-refractivity contribution in [2.75, 3.05) is 18.0 Å². The highest BCUT2D eigenvalue weighted by Gasteiger charge is 2.25. The number of anilines is 1. The van der Waals surface area contributed by atoms with E-state index in [1.807, 2.05) is 6.20 Å². The molecule has 0 N–H and O–H groups in total. The van der Waals surface area contributed by atoms with E-state index in [0.717, 1.165) is 35.9 Å². The third-order valence-electron chi connectivity index (χ3n) is 5.17. The smallest absolute Gasteiger partial charge is 0.0864 e. The molecule has 0 atom stereocenters. The summed E-state index contributed by atoms with van der Waals surface area (Å²) in [6, 6.07) is 8.46. The van der Waals surface area contributed by atoms with Crippen LogP contribution in [0.3, 0.4) is 0 Å². The van der Waals surface area contributed by atoms with Crippen LogP contribution < -0.4 is 4.90 Å². The minimum atomic E-state index is 0.453. The molecule has 2 fully saturated rings. The summed E-state index contributed by atoms with van der Waals surface area (Å²) in [6.07, 6.45) is 10.4. The number of rotatable bonds is 3. The minimum Gasteiger partial charge on any atom is -0.375 e. The van der Waals surface area contributed by atoms with Gasteiger partial charge >= 0.3 is 0 Å². The van der Waals surface area contributed by atoms with Crippen molar-refractivity contribution in [2.45, 2.75) is 50.7 Å². The molecular formula is C19H23BrN2O. The maximum Gasteiger partial charge on any atom is 0.0864 e. The highest BCUT2D eigenvalue weighted by molar-refractivity contribution is 9.10. The van der Waals surface area contributed by atoms with Crippen molar-refractivity contribution < 1.29 is 4.74 Å². The monoisotopic (exact) mass is 374 g/mol. The lowest BCUT2D eigenvalue weighted by Crippen LogP contribution is -2.38. The van der Waals surface area contributed by atoms with Gasteiger partial charge in [-0.2, -0.15) is 0 Å². The number of benzene rings is 1. The summed E-state index contributed by atoms with van der Waals surface area (Å²) in [4.78, 5) is 7.01. The van der Waals surface area contributed by atoms with Gasteiger partial charge in [0.25, 0.3) is 0 Å². The Labute approximate surface area is 146 Å². The van der Waals surface area contributed by atoms with E-state index in [4.69, 9.17) is 4.74 Å². The van der Waals surface area contributed by atoms with Crippen LogP contribution >= 0.6 is 15.9 Å². The van der Waals surface area contributed by atoms with E-state index in [-0.39, 0.29) is 0 Å². The molecule has 2 heterocycles. The van der Waals surface area contributed by atoms with E-state index in [1.54, 1.807) is 0 Å². The van der Waals surface area contributed by atoms with Gasteiger partial charge in [-0.25, -0.2) is 0 Å². The first kappa shape index (κ1) is 15.4. The Hall–Kier alpha value is -1.13. The van der Waals surface area contributed by atoms with Gasteiger partial charge in [-0.1, -0.05) is 25.0 Å². The van der Waals surface area contributed by atoms with Crippen LogP contribution in [0.25, 0.3) is 10.9 Å². The molecular weight excluding hydrogens is 352 g/mol. The number of pyridine rings is 1. The average molecular weight is 375 g/mol. The summed E-state index contributed by atoms with van der Waals surface area (Å²) in [5, 5.41) is 1.23. The van der Waals surface area contributed by atoms with Gasteiger partial charge in [-0.05, 0) is 53.7 Å². The van der Waals surface area contributed by atoms with Crippen LogP contribution in [-0.4, -0.2) is 30.3 Å². The Balaban J connectivity index is 1.47. The molecule has 2 aliphatic rings. The summed E-state index contributed by atoms with van der Waals surface area (Å²) >= 11 is 3.61. The average Bonchev–Trinajstić information content (AvgIpc) is 3.09. The number of para-hydroxylation sites is 1. The lowest BCUT2D eigenvalue weighted by atomic mass is 10.1. The van der Waals surface area contributed by atoms with Crippen LogP contribution in [0.15, 0.2) is 34.9 Å². The van der Waals surface area contributed by atoms with E-state index >= 15 is 0 Å². The van der Waals surface area contributed by atoms with Gasteiger partial charge < -0.3 is 9.64 Å². The molecule has 4 rings (SSSR count). The van der Waals surface area contributed by atoms with Crippen LogP contribution in [0.5, 0.6) is 0 Å². The van der Waals surface area contributed by atoms with Gasteiger partial charge in [0.15, 0.2) is 0 Å². The van der Waals surface area contributed by atoms with E-state index in [1.165, 1.54) is 36.8 Å². The molecule has 0 bridgehead atoms. The highest BCUT2D eigenvalue weighted by Crippen LogP contribution is 2.32. The topological polar surface area (TPSA) is 25.4 Å². The van der Waals surface area contributed by atoms with E-state index in [9.17, 15) is 0 Å². The lowest BCUT2D eigenvalue weighted by molar-refractivity contribution is -0.0194. The molecule has 122 valence electrons. The summed E-state index contributed by atoms with van der Waals surface area (Å²) in [7, 11) is 0. The molecule has 0 amide bonds. The maximum atomic E-state index is 6.30. The number of fused-ring (bicyclic) bond motifs is 1. The first-order valence-corrected chi connectivity index (χ1v) is 9.54. The SMILES string of the molecule is Brc1cccc2c(N3CCC(OC4CCCC4)CC3)ccnc12. The third kappa shape index (κ3) is 3.24. The zero-order valence-corrected chi connectivity index (χ0v) is 15.0. The Morgan fingerprint density at radius 3 is 2.52 bits per heavy atom. The maximum absolute atomic E-state index is 6.30. The number of hydrogen-bond donors (Lipinski definition) is 0. The quantitative estimate of drug-likeness (QED) is 0.761. The number of hydrogen-bond acceptors (Lipinski definition) is 3. The number of nitrogens with zero attached hydrogens (tertiary/aromatic N) is 2. The van der Waals surface area contributed by atoms with Gasteiger partial charge in [0, 0.05) is 34.8 Å². The molecule has 1 aromatic heterocycles. The van der Waals surface area contributed by atoms with Gasteiger partial charge in [-0.3, -0.25) is 4.98 Å². The van der Waals surface area contributed by atoms with Crippen molar-refractivity contribution in [2.24, 2.45) is 0 Å². The third-order valence-corrected chi connectivity index (χ3v) is 5.81. The molecule has 1 saturated carbocycles. The van der Waals surface area contributed by atoms with Crippen LogP contribution in [0, 0.1) is 0 Å². The fourth-order valence-electron chi connectivity index (χ4n) is 3.93. The zero-order chi connectivity index (χ0) is 15.6. The van der Waals surface area contributed by atoms with Crippen LogP contribution in [0.2, 0.25) is 0 Å². The number of piperidine rings is 1. The van der Waals surface area contributed by atoms with Crippen molar-refractivity contribution >= 4 is 32.5 Å². The predicted octanol–water partition coefficient (Wildman–Crippen LogP) is 4.93. The normalized spacial score (nSPS) is 20.5. The molecule has 3 nitrogen and oxygen atoms in total. The van der Waals surface area contributed by atoms with Gasteiger partial charge in [0.05, 0.1) is 17.7 Å². The molecule has 4 heteroatoms. The second kappa shape index (κ2) is 6.78. The van der Waals surface area contributed by atoms with E-state index in [0.29, 0.717) is 12.2 Å². The molecule has 1 aliphatic heterocycles. The molecule has 2 aromatic rings. The largest absolute Gasteiger partial charge is 0.375 e. The minimum absolute atomic E-state index is 0.453. The van der Waals surface area contributed by atoms with Gasteiger partial charge in [0.2, 0.25) is 0 Å². The van der Waals surface area contributed by atoms with Crippen molar-refractivity contribution in [3.05, 3.63) is 34.9 Å². The molecule has 1 aromatic carbocycles. The lowest BCUT2D eigenvalue weighted by Gasteiger charge is -2.35. The first-order chi connectivity index (χ1) is 11.3. The van der Waals surface area contributed by atoms with Gasteiger partial charge in [0.1, 0.15) is 0 Å². The second-order valence-electron chi connectivity index (χ2n) is 6.70. The van der Waals surface area contributed by atoms with Crippen LogP contribution in [0.4, 0.5) is 5.69 Å². The summed E-state index contributed by atoms with van der Waals surface area (Å²) in [6.45, 7) is 2.14. The number of aromatic nitrogens is 1. The molecule has 23 heavy (non-hydrogen) atoms. The van der Waals surface area contributed by atoms with Gasteiger partial charge in [-0.15, -0.1) is 0 Å². The second-order valence-corrected chi connectivity index (χ2v) is 7.55. The number of halogens is 1. The number of ether oxygens (including phenoxy) is 1. The summed E-state index contributed by atoms with van der Waals surface area (Å²) in [5.74, 6) is 0. The Kier molecular flexibility index (Phi) is 4.54. The van der Waals surface area contributed by atoms with E-state index in [2.05, 4.69) is 50.1 Å². The molecule has 1 saturated heterocycles. The fraction of sp³-hybridized carbons (Fsp3) is 0.526. The van der Waals surface area contributed by atoms with Crippen molar-refractivity contribution in [1.82, 2.24) is 4.98 Å².